The predicted octanol–water partition coefficient (Wildman–Crippen LogP) is 2.10. The highest BCUT2D eigenvalue weighted by atomic mass is 16.3. The number of carbonyl (C=O) groups excluding carboxylic acids is 1. The molecule has 5 heteroatoms. The summed E-state index contributed by atoms with van der Waals surface area (Å²) in [4.78, 5) is 14.7. The lowest BCUT2D eigenvalue weighted by Crippen LogP contribution is -2.54. The number of nitrogens with zero attached hydrogens (tertiary/aromatic N) is 1. The summed E-state index contributed by atoms with van der Waals surface area (Å²) >= 11 is 0. The molecule has 0 spiro atoms. The van der Waals surface area contributed by atoms with E-state index in [0.29, 0.717) is 0 Å². The van der Waals surface area contributed by atoms with Crippen molar-refractivity contribution in [3.63, 3.8) is 0 Å². The normalized spacial score (nSPS) is 27.1. The number of aliphatic hydroxyl groups is 1. The molecule has 0 aromatic heterocycles. The summed E-state index contributed by atoms with van der Waals surface area (Å²) in [6.45, 7) is 6.15. The second kappa shape index (κ2) is 8.73. The zero-order valence-corrected chi connectivity index (χ0v) is 14.2. The van der Waals surface area contributed by atoms with Crippen LogP contribution in [0.2, 0.25) is 0 Å². The maximum atomic E-state index is 12.1. The molecule has 0 radical (unpaired) electrons. The van der Waals surface area contributed by atoms with Crippen molar-refractivity contribution < 1.29 is 9.90 Å². The van der Waals surface area contributed by atoms with E-state index in [0.717, 1.165) is 19.0 Å². The number of rotatable bonds is 5. The summed E-state index contributed by atoms with van der Waals surface area (Å²) in [7, 11) is 0. The monoisotopic (exact) mass is 311 g/mol. The van der Waals surface area contributed by atoms with Gasteiger partial charge in [-0.05, 0) is 45.1 Å². The molecule has 3 N–H and O–H groups in total. The van der Waals surface area contributed by atoms with Crippen LogP contribution in [-0.2, 0) is 0 Å². The first-order valence-corrected chi connectivity index (χ1v) is 9.02. The number of aliphatic hydroxyl groups excluding tert-OH is 1. The first-order valence-electron chi connectivity index (χ1n) is 9.02. The summed E-state index contributed by atoms with van der Waals surface area (Å²) in [5.74, 6) is 0.0795. The summed E-state index contributed by atoms with van der Waals surface area (Å²) < 4.78 is 0. The van der Waals surface area contributed by atoms with Crippen molar-refractivity contribution in [1.82, 2.24) is 15.5 Å². The Labute approximate surface area is 134 Å². The van der Waals surface area contributed by atoms with Crippen LogP contribution >= 0.6 is 0 Å². The van der Waals surface area contributed by atoms with E-state index in [1.807, 2.05) is 13.8 Å². The number of carbonyl (C=O) groups is 1. The number of urea groups is 1. The Morgan fingerprint density at radius 3 is 2.59 bits per heavy atom. The lowest BCUT2D eigenvalue weighted by Gasteiger charge is -2.40. The average molecular weight is 311 g/mol. The molecule has 3 unspecified atom stereocenters. The lowest BCUT2D eigenvalue weighted by molar-refractivity contribution is 0.111. The molecule has 2 amide bonds. The van der Waals surface area contributed by atoms with E-state index in [4.69, 9.17) is 5.11 Å². The van der Waals surface area contributed by atoms with Gasteiger partial charge in [-0.25, -0.2) is 4.79 Å². The SMILES string of the molecule is CC(CO)C(C)NC(=O)NC1CCCN(C2CCCCC2)C1. The van der Waals surface area contributed by atoms with Crippen molar-refractivity contribution in [3.8, 4) is 0 Å². The Morgan fingerprint density at radius 1 is 1.18 bits per heavy atom. The van der Waals surface area contributed by atoms with Crippen LogP contribution in [-0.4, -0.2) is 53.9 Å². The van der Waals surface area contributed by atoms with Crippen molar-refractivity contribution in [1.29, 1.82) is 0 Å². The van der Waals surface area contributed by atoms with Gasteiger partial charge in [0.15, 0.2) is 0 Å². The first kappa shape index (κ1) is 17.5. The third-order valence-electron chi connectivity index (χ3n) is 5.38. The molecule has 128 valence electrons. The number of amides is 2. The van der Waals surface area contributed by atoms with Crippen LogP contribution < -0.4 is 10.6 Å². The maximum Gasteiger partial charge on any atom is 0.315 e. The Balaban J connectivity index is 1.76. The molecule has 1 aliphatic carbocycles. The summed E-state index contributed by atoms with van der Waals surface area (Å²) in [6.07, 6.45) is 8.99. The van der Waals surface area contributed by atoms with E-state index in [2.05, 4.69) is 15.5 Å². The van der Waals surface area contributed by atoms with Crippen LogP contribution in [0, 0.1) is 5.92 Å². The molecule has 1 saturated carbocycles. The van der Waals surface area contributed by atoms with E-state index in [-0.39, 0.29) is 30.6 Å². The van der Waals surface area contributed by atoms with E-state index in [1.165, 1.54) is 45.1 Å². The van der Waals surface area contributed by atoms with Crippen molar-refractivity contribution >= 4 is 6.03 Å². The molecule has 0 aromatic carbocycles. The molecule has 2 fully saturated rings. The Kier molecular flexibility index (Phi) is 6.96. The van der Waals surface area contributed by atoms with E-state index < -0.39 is 0 Å². The van der Waals surface area contributed by atoms with Crippen molar-refractivity contribution in [3.05, 3.63) is 0 Å². The zero-order chi connectivity index (χ0) is 15.9. The topological polar surface area (TPSA) is 64.6 Å². The highest BCUT2D eigenvalue weighted by molar-refractivity contribution is 5.74. The molecule has 22 heavy (non-hydrogen) atoms. The van der Waals surface area contributed by atoms with Gasteiger partial charge in [-0.3, -0.25) is 4.90 Å². The van der Waals surface area contributed by atoms with Gasteiger partial charge in [0.1, 0.15) is 0 Å². The van der Waals surface area contributed by atoms with E-state index in [9.17, 15) is 4.79 Å². The third kappa shape index (κ3) is 5.13. The van der Waals surface area contributed by atoms with Crippen LogP contribution in [0.3, 0.4) is 0 Å². The minimum absolute atomic E-state index is 0.0111. The Morgan fingerprint density at radius 2 is 1.91 bits per heavy atom. The van der Waals surface area contributed by atoms with E-state index in [1.54, 1.807) is 0 Å². The molecular weight excluding hydrogens is 278 g/mol. The molecule has 2 rings (SSSR count). The first-order chi connectivity index (χ1) is 10.6. The van der Waals surface area contributed by atoms with Crippen LogP contribution in [0.25, 0.3) is 0 Å². The summed E-state index contributed by atoms with van der Waals surface area (Å²) in [6, 6.07) is 0.883. The molecular formula is C17H33N3O2. The quantitative estimate of drug-likeness (QED) is 0.728. The van der Waals surface area contributed by atoms with Crippen LogP contribution in [0.4, 0.5) is 4.79 Å². The molecule has 2 aliphatic rings. The van der Waals surface area contributed by atoms with Gasteiger partial charge in [0.05, 0.1) is 0 Å². The van der Waals surface area contributed by atoms with Gasteiger partial charge in [-0.1, -0.05) is 26.2 Å². The minimum atomic E-state index is -0.0942. The highest BCUT2D eigenvalue weighted by Gasteiger charge is 2.28. The second-order valence-electron chi connectivity index (χ2n) is 7.19. The van der Waals surface area contributed by atoms with Gasteiger partial charge in [0.25, 0.3) is 0 Å². The van der Waals surface area contributed by atoms with Gasteiger partial charge in [0, 0.05) is 31.3 Å². The molecule has 5 nitrogen and oxygen atoms in total. The molecule has 0 aromatic rings. The second-order valence-corrected chi connectivity index (χ2v) is 7.19. The molecule has 1 aliphatic heterocycles. The molecule has 0 bridgehead atoms. The third-order valence-corrected chi connectivity index (χ3v) is 5.38. The molecule has 1 saturated heterocycles. The highest BCUT2D eigenvalue weighted by Crippen LogP contribution is 2.25. The number of likely N-dealkylation sites (tertiary alicyclic amines) is 1. The van der Waals surface area contributed by atoms with Crippen molar-refractivity contribution in [2.75, 3.05) is 19.7 Å². The minimum Gasteiger partial charge on any atom is -0.396 e. The van der Waals surface area contributed by atoms with Crippen molar-refractivity contribution in [2.24, 2.45) is 5.92 Å². The van der Waals surface area contributed by atoms with Crippen molar-refractivity contribution in [2.45, 2.75) is 76.9 Å². The summed E-state index contributed by atoms with van der Waals surface area (Å²) in [5, 5.41) is 15.2. The van der Waals surface area contributed by atoms with Crippen LogP contribution in [0.15, 0.2) is 0 Å². The standard InChI is InChI=1S/C17H33N3O2/c1-13(12-21)14(2)18-17(22)19-15-7-6-10-20(11-15)16-8-4-3-5-9-16/h13-16,21H,3-12H2,1-2H3,(H2,18,19,22). The van der Waals surface area contributed by atoms with E-state index >= 15 is 0 Å². The fourth-order valence-electron chi connectivity index (χ4n) is 3.64. The zero-order valence-electron chi connectivity index (χ0n) is 14.2. The van der Waals surface area contributed by atoms with Gasteiger partial charge in [-0.2, -0.15) is 0 Å². The van der Waals surface area contributed by atoms with Gasteiger partial charge >= 0.3 is 6.03 Å². The average Bonchev–Trinajstić information content (AvgIpc) is 2.55. The predicted molar refractivity (Wildman–Crippen MR) is 88.8 cm³/mol. The smallest absolute Gasteiger partial charge is 0.315 e. The van der Waals surface area contributed by atoms with Crippen LogP contribution in [0.1, 0.15) is 58.8 Å². The Hall–Kier alpha value is -0.810. The molecule has 1 heterocycles. The lowest BCUT2D eigenvalue weighted by atomic mass is 9.92. The molecule has 3 atom stereocenters. The number of hydrogen-bond donors (Lipinski definition) is 3. The van der Waals surface area contributed by atoms with Gasteiger partial charge in [-0.15, -0.1) is 0 Å². The van der Waals surface area contributed by atoms with Gasteiger partial charge in [0.2, 0.25) is 0 Å². The number of nitrogens with one attached hydrogen (secondary N) is 2. The fraction of sp³-hybridized carbons (Fsp3) is 0.941. The number of hydrogen-bond acceptors (Lipinski definition) is 3. The van der Waals surface area contributed by atoms with Gasteiger partial charge < -0.3 is 15.7 Å². The maximum absolute atomic E-state index is 12.1. The number of piperidine rings is 1. The fourth-order valence-corrected chi connectivity index (χ4v) is 3.64. The summed E-state index contributed by atoms with van der Waals surface area (Å²) in [5.41, 5.74) is 0. The Bertz CT molecular complexity index is 345. The van der Waals surface area contributed by atoms with Crippen LogP contribution in [0.5, 0.6) is 0 Å². The largest absolute Gasteiger partial charge is 0.396 e.